The maximum absolute atomic E-state index is 11.1. The van der Waals surface area contributed by atoms with Gasteiger partial charge < -0.3 is 0 Å². The van der Waals surface area contributed by atoms with E-state index in [1.165, 1.54) is 0 Å². The molecule has 0 bridgehead atoms. The van der Waals surface area contributed by atoms with E-state index in [1.807, 2.05) is 36.4 Å². The highest BCUT2D eigenvalue weighted by Gasteiger charge is 2.06. The van der Waals surface area contributed by atoms with Gasteiger partial charge in [0, 0.05) is 27.7 Å². The van der Waals surface area contributed by atoms with Gasteiger partial charge in [-0.15, -0.1) is 0 Å². The second kappa shape index (κ2) is 4.82. The largest absolute Gasteiger partial charge is 0.298 e. The predicted molar refractivity (Wildman–Crippen MR) is 77.6 cm³/mol. The summed E-state index contributed by atoms with van der Waals surface area (Å²) in [4.78, 5) is 15.5. The summed E-state index contributed by atoms with van der Waals surface area (Å²) in [5.74, 6) is 0. The van der Waals surface area contributed by atoms with Gasteiger partial charge in [0.25, 0.3) is 0 Å². The number of aromatic nitrogens is 1. The van der Waals surface area contributed by atoms with Gasteiger partial charge in [-0.3, -0.25) is 9.78 Å². The Balaban J connectivity index is 2.21. The predicted octanol–water partition coefficient (Wildman–Crippen LogP) is 4.37. The van der Waals surface area contributed by atoms with Crippen LogP contribution in [-0.2, 0) is 0 Å². The summed E-state index contributed by atoms with van der Waals surface area (Å²) in [6.07, 6.45) is 2.59. The molecule has 0 aliphatic rings. The summed E-state index contributed by atoms with van der Waals surface area (Å²) >= 11 is 5.90. The van der Waals surface area contributed by atoms with Crippen molar-refractivity contribution in [2.45, 2.75) is 0 Å². The second-order valence-corrected chi connectivity index (χ2v) is 4.70. The van der Waals surface area contributed by atoms with E-state index >= 15 is 0 Å². The zero-order chi connectivity index (χ0) is 13.2. The van der Waals surface area contributed by atoms with Crippen molar-refractivity contribution >= 4 is 28.8 Å². The summed E-state index contributed by atoms with van der Waals surface area (Å²) in [5.41, 5.74) is 3.27. The normalized spacial score (nSPS) is 10.6. The van der Waals surface area contributed by atoms with Crippen molar-refractivity contribution in [3.63, 3.8) is 0 Å². The van der Waals surface area contributed by atoms with Crippen molar-refractivity contribution in [1.29, 1.82) is 0 Å². The molecule has 92 valence electrons. The van der Waals surface area contributed by atoms with Crippen molar-refractivity contribution in [1.82, 2.24) is 4.98 Å². The molecule has 2 aromatic carbocycles. The molecule has 0 saturated carbocycles. The highest BCUT2D eigenvalue weighted by atomic mass is 35.5. The Kier molecular flexibility index (Phi) is 3.02. The van der Waals surface area contributed by atoms with E-state index in [1.54, 1.807) is 18.3 Å². The number of aldehydes is 1. The van der Waals surface area contributed by atoms with Crippen molar-refractivity contribution in [2.24, 2.45) is 0 Å². The summed E-state index contributed by atoms with van der Waals surface area (Å²) in [6, 6.07) is 15.2. The standard InChI is InChI=1S/C16H10ClNO/c17-14-5-6-15(13(8-14)10-19)12-7-11-3-1-2-4-16(11)18-9-12/h1-10H. The Bertz CT molecular complexity index is 768. The van der Waals surface area contributed by atoms with Crippen LogP contribution in [0.4, 0.5) is 0 Å². The molecule has 1 aromatic heterocycles. The van der Waals surface area contributed by atoms with E-state index < -0.39 is 0 Å². The first-order valence-electron chi connectivity index (χ1n) is 5.88. The van der Waals surface area contributed by atoms with E-state index in [2.05, 4.69) is 4.98 Å². The van der Waals surface area contributed by atoms with E-state index in [4.69, 9.17) is 11.6 Å². The van der Waals surface area contributed by atoms with E-state index in [9.17, 15) is 4.79 Å². The van der Waals surface area contributed by atoms with E-state index in [-0.39, 0.29) is 0 Å². The number of carbonyl (C=O) groups is 1. The van der Waals surface area contributed by atoms with Crippen LogP contribution in [0, 0.1) is 0 Å². The molecule has 0 aliphatic heterocycles. The van der Waals surface area contributed by atoms with Gasteiger partial charge in [0.15, 0.2) is 6.29 Å². The Hall–Kier alpha value is -2.19. The molecule has 2 nitrogen and oxygen atoms in total. The lowest BCUT2D eigenvalue weighted by Gasteiger charge is -2.06. The molecule has 3 heteroatoms. The highest BCUT2D eigenvalue weighted by molar-refractivity contribution is 6.31. The Labute approximate surface area is 115 Å². The number of halogens is 1. The van der Waals surface area contributed by atoms with Crippen LogP contribution < -0.4 is 0 Å². The lowest BCUT2D eigenvalue weighted by molar-refractivity contribution is 0.112. The summed E-state index contributed by atoms with van der Waals surface area (Å²) in [7, 11) is 0. The number of carbonyl (C=O) groups excluding carboxylic acids is 1. The fourth-order valence-electron chi connectivity index (χ4n) is 2.11. The zero-order valence-corrected chi connectivity index (χ0v) is 10.8. The monoisotopic (exact) mass is 267 g/mol. The average Bonchev–Trinajstić information content (AvgIpc) is 2.46. The molecule has 0 saturated heterocycles. The maximum atomic E-state index is 11.1. The molecule has 0 spiro atoms. The summed E-state index contributed by atoms with van der Waals surface area (Å²) in [5, 5.41) is 1.60. The molecule has 0 amide bonds. The summed E-state index contributed by atoms with van der Waals surface area (Å²) < 4.78 is 0. The fourth-order valence-corrected chi connectivity index (χ4v) is 2.29. The maximum Gasteiger partial charge on any atom is 0.150 e. The number of fused-ring (bicyclic) bond motifs is 1. The van der Waals surface area contributed by atoms with Crippen LogP contribution >= 0.6 is 11.6 Å². The second-order valence-electron chi connectivity index (χ2n) is 4.27. The highest BCUT2D eigenvalue weighted by Crippen LogP contribution is 2.27. The number of benzene rings is 2. The third kappa shape index (κ3) is 2.23. The minimum absolute atomic E-state index is 0.555. The topological polar surface area (TPSA) is 30.0 Å². The third-order valence-electron chi connectivity index (χ3n) is 3.04. The number of pyridine rings is 1. The van der Waals surface area contributed by atoms with Crippen LogP contribution in [0.2, 0.25) is 5.02 Å². The van der Waals surface area contributed by atoms with Crippen molar-refractivity contribution in [2.75, 3.05) is 0 Å². The molecule has 19 heavy (non-hydrogen) atoms. The van der Waals surface area contributed by atoms with Crippen molar-refractivity contribution < 1.29 is 4.79 Å². The molecule has 0 radical (unpaired) electrons. The molecule has 3 aromatic rings. The van der Waals surface area contributed by atoms with Crippen LogP contribution in [0.25, 0.3) is 22.0 Å². The van der Waals surface area contributed by atoms with Gasteiger partial charge in [-0.25, -0.2) is 0 Å². The molecule has 3 rings (SSSR count). The van der Waals surface area contributed by atoms with E-state index in [0.29, 0.717) is 10.6 Å². The summed E-state index contributed by atoms with van der Waals surface area (Å²) in [6.45, 7) is 0. The van der Waals surface area contributed by atoms with E-state index in [0.717, 1.165) is 28.3 Å². The third-order valence-corrected chi connectivity index (χ3v) is 3.28. The molecule has 0 unspecified atom stereocenters. The number of rotatable bonds is 2. The lowest BCUT2D eigenvalue weighted by atomic mass is 10.0. The van der Waals surface area contributed by atoms with Gasteiger partial charge in [-0.05, 0) is 29.8 Å². The number of nitrogens with zero attached hydrogens (tertiary/aromatic N) is 1. The first-order valence-corrected chi connectivity index (χ1v) is 6.25. The van der Waals surface area contributed by atoms with Crippen LogP contribution in [-0.4, -0.2) is 11.3 Å². The van der Waals surface area contributed by atoms with Gasteiger partial charge in [0.1, 0.15) is 0 Å². The van der Waals surface area contributed by atoms with Crippen LogP contribution in [0.5, 0.6) is 0 Å². The van der Waals surface area contributed by atoms with Crippen LogP contribution in [0.3, 0.4) is 0 Å². The first kappa shape index (κ1) is 11.9. The van der Waals surface area contributed by atoms with Crippen molar-refractivity contribution in [3.8, 4) is 11.1 Å². The lowest BCUT2D eigenvalue weighted by Crippen LogP contribution is -1.89. The molecule has 0 aliphatic carbocycles. The number of hydrogen-bond donors (Lipinski definition) is 0. The first-order chi connectivity index (χ1) is 9.28. The molecular weight excluding hydrogens is 258 g/mol. The zero-order valence-electron chi connectivity index (χ0n) is 10.0. The number of hydrogen-bond acceptors (Lipinski definition) is 2. The van der Waals surface area contributed by atoms with Gasteiger partial charge in [0.2, 0.25) is 0 Å². The van der Waals surface area contributed by atoms with Crippen LogP contribution in [0.1, 0.15) is 10.4 Å². The Morgan fingerprint density at radius 2 is 1.89 bits per heavy atom. The van der Waals surface area contributed by atoms with Gasteiger partial charge in [-0.2, -0.15) is 0 Å². The molecular formula is C16H10ClNO. The Morgan fingerprint density at radius 1 is 1.05 bits per heavy atom. The minimum Gasteiger partial charge on any atom is -0.298 e. The molecule has 0 fully saturated rings. The molecule has 1 heterocycles. The van der Waals surface area contributed by atoms with Gasteiger partial charge in [0.05, 0.1) is 5.52 Å². The van der Waals surface area contributed by atoms with Crippen molar-refractivity contribution in [3.05, 3.63) is 65.3 Å². The fraction of sp³-hybridized carbons (Fsp3) is 0. The van der Waals surface area contributed by atoms with Gasteiger partial charge in [-0.1, -0.05) is 35.9 Å². The SMILES string of the molecule is O=Cc1cc(Cl)ccc1-c1cnc2ccccc2c1. The van der Waals surface area contributed by atoms with Gasteiger partial charge >= 0.3 is 0 Å². The average molecular weight is 268 g/mol. The molecule has 0 N–H and O–H groups in total. The quantitative estimate of drug-likeness (QED) is 0.646. The van der Waals surface area contributed by atoms with Crippen LogP contribution in [0.15, 0.2) is 54.7 Å². The number of para-hydroxylation sites is 1. The minimum atomic E-state index is 0.555. The Morgan fingerprint density at radius 3 is 2.74 bits per heavy atom. The molecule has 0 atom stereocenters. The smallest absolute Gasteiger partial charge is 0.150 e.